The molecule has 5 aliphatic rings. The zero-order valence-electron chi connectivity index (χ0n) is 14.1. The summed E-state index contributed by atoms with van der Waals surface area (Å²) >= 11 is 0. The molecule has 5 saturated heterocycles. The van der Waals surface area contributed by atoms with E-state index in [2.05, 4.69) is 34.7 Å². The molecule has 0 bridgehead atoms. The van der Waals surface area contributed by atoms with Crippen LogP contribution in [0.25, 0.3) is 0 Å². The van der Waals surface area contributed by atoms with Crippen molar-refractivity contribution < 1.29 is 0 Å². The molecule has 4 nitrogen and oxygen atoms in total. The van der Waals surface area contributed by atoms with Crippen molar-refractivity contribution in [3.8, 4) is 0 Å². The third-order valence-corrected chi connectivity index (χ3v) is 7.94. The molecule has 4 heteroatoms. The summed E-state index contributed by atoms with van der Waals surface area (Å²) in [6, 6.07) is 3.78. The van der Waals surface area contributed by atoms with Crippen LogP contribution in [0.3, 0.4) is 0 Å². The number of piperidine rings is 4. The van der Waals surface area contributed by atoms with Crippen molar-refractivity contribution >= 4 is 0 Å². The van der Waals surface area contributed by atoms with E-state index < -0.39 is 0 Å². The molecule has 7 unspecified atom stereocenters. The summed E-state index contributed by atoms with van der Waals surface area (Å²) in [4.78, 5) is 3.04. The molecule has 5 rings (SSSR count). The Balaban J connectivity index is 1.59. The fraction of sp³-hybridized carbons (Fsp3) is 1.00. The first-order valence-corrected chi connectivity index (χ1v) is 9.64. The molecule has 0 aliphatic carbocycles. The fourth-order valence-electron chi connectivity index (χ4n) is 7.01. The Hall–Kier alpha value is -0.160. The van der Waals surface area contributed by atoms with Gasteiger partial charge in [0, 0.05) is 30.2 Å². The van der Waals surface area contributed by atoms with E-state index in [1.165, 1.54) is 51.9 Å². The van der Waals surface area contributed by atoms with E-state index in [0.29, 0.717) is 17.5 Å². The van der Waals surface area contributed by atoms with Crippen molar-refractivity contribution in [2.75, 3.05) is 26.2 Å². The van der Waals surface area contributed by atoms with Gasteiger partial charge in [-0.2, -0.15) is 0 Å². The van der Waals surface area contributed by atoms with Gasteiger partial charge in [0.25, 0.3) is 0 Å². The minimum Gasteiger partial charge on any atom is -0.316 e. The van der Waals surface area contributed by atoms with Crippen LogP contribution in [0.15, 0.2) is 0 Å². The second-order valence-corrected chi connectivity index (χ2v) is 8.99. The number of rotatable bonds is 0. The van der Waals surface area contributed by atoms with Crippen LogP contribution >= 0.6 is 0 Å². The van der Waals surface area contributed by atoms with E-state index in [-0.39, 0.29) is 0 Å². The van der Waals surface area contributed by atoms with Gasteiger partial charge in [-0.05, 0) is 69.1 Å². The molecule has 0 aromatic carbocycles. The minimum atomic E-state index is 0.479. The van der Waals surface area contributed by atoms with Gasteiger partial charge in [0.1, 0.15) is 0 Å². The van der Waals surface area contributed by atoms with Gasteiger partial charge in [-0.3, -0.25) is 4.90 Å². The van der Waals surface area contributed by atoms with E-state index >= 15 is 0 Å². The third-order valence-electron chi connectivity index (χ3n) is 7.94. The Labute approximate surface area is 134 Å². The van der Waals surface area contributed by atoms with Crippen LogP contribution in [0.5, 0.6) is 0 Å². The van der Waals surface area contributed by atoms with Crippen LogP contribution in [0.2, 0.25) is 0 Å². The Morgan fingerprint density at radius 2 is 1.73 bits per heavy atom. The zero-order chi connectivity index (χ0) is 14.9. The van der Waals surface area contributed by atoms with Gasteiger partial charge >= 0.3 is 0 Å². The molecular weight excluding hydrogens is 272 g/mol. The number of hydrogen-bond acceptors (Lipinski definition) is 4. The highest BCUT2D eigenvalue weighted by Gasteiger charge is 2.63. The minimum absolute atomic E-state index is 0.479. The number of fused-ring (bicyclic) bond motifs is 5. The molecule has 0 aromatic rings. The van der Waals surface area contributed by atoms with E-state index in [0.717, 1.165) is 30.0 Å². The summed E-state index contributed by atoms with van der Waals surface area (Å²) in [5.74, 6) is 1.70. The monoisotopic (exact) mass is 304 g/mol. The topological polar surface area (TPSA) is 39.3 Å². The summed E-state index contributed by atoms with van der Waals surface area (Å²) in [7, 11) is 0. The van der Waals surface area contributed by atoms with Crippen LogP contribution in [-0.4, -0.2) is 61.3 Å². The first-order valence-electron chi connectivity index (χ1n) is 9.64. The third kappa shape index (κ3) is 1.73. The van der Waals surface area contributed by atoms with Gasteiger partial charge in [0.2, 0.25) is 0 Å². The van der Waals surface area contributed by atoms with E-state index in [4.69, 9.17) is 0 Å². The van der Waals surface area contributed by atoms with Crippen molar-refractivity contribution in [3.05, 3.63) is 0 Å². The molecule has 0 aromatic heterocycles. The van der Waals surface area contributed by atoms with E-state index in [1.54, 1.807) is 0 Å². The van der Waals surface area contributed by atoms with Crippen molar-refractivity contribution in [1.29, 1.82) is 0 Å². The van der Waals surface area contributed by atoms with E-state index in [9.17, 15) is 0 Å². The highest BCUT2D eigenvalue weighted by atomic mass is 15.4. The smallest absolute Gasteiger partial charge is 0.0396 e. The summed E-state index contributed by atoms with van der Waals surface area (Å²) in [6.07, 6.45) is 5.50. The lowest BCUT2D eigenvalue weighted by atomic mass is 9.57. The summed E-state index contributed by atoms with van der Waals surface area (Å²) in [5, 5.41) is 11.5. The van der Waals surface area contributed by atoms with Crippen molar-refractivity contribution in [3.63, 3.8) is 0 Å². The van der Waals surface area contributed by atoms with Crippen LogP contribution < -0.4 is 16.0 Å². The Morgan fingerprint density at radius 1 is 0.864 bits per heavy atom. The second-order valence-electron chi connectivity index (χ2n) is 8.99. The molecular formula is C18H32N4. The lowest BCUT2D eigenvalue weighted by Crippen LogP contribution is -2.69. The normalized spacial score (nSPS) is 53.5. The predicted molar refractivity (Wildman–Crippen MR) is 88.9 cm³/mol. The first kappa shape index (κ1) is 14.2. The largest absolute Gasteiger partial charge is 0.316 e. The maximum absolute atomic E-state index is 3.92. The maximum Gasteiger partial charge on any atom is 0.0396 e. The predicted octanol–water partition coefficient (Wildman–Crippen LogP) is 0.787. The van der Waals surface area contributed by atoms with Crippen molar-refractivity contribution in [2.24, 2.45) is 17.3 Å². The van der Waals surface area contributed by atoms with E-state index in [1.807, 2.05) is 0 Å². The first-order chi connectivity index (χ1) is 10.7. The molecule has 5 aliphatic heterocycles. The standard InChI is InChI=1S/C18H32N4/c1-18(2)11-5-9-21-16-15-14(4-3-7-20-15)22(17(11)16)13-6-8-19-10-12(13)18/h11-17,19-21H,3-10H2,1-2H3. The summed E-state index contributed by atoms with van der Waals surface area (Å²) < 4.78 is 0. The lowest BCUT2D eigenvalue weighted by Gasteiger charge is -2.61. The highest BCUT2D eigenvalue weighted by molar-refractivity contribution is 5.20. The fourth-order valence-corrected chi connectivity index (χ4v) is 7.01. The van der Waals surface area contributed by atoms with Gasteiger partial charge in [0.05, 0.1) is 0 Å². The highest BCUT2D eigenvalue weighted by Crippen LogP contribution is 2.55. The molecule has 22 heavy (non-hydrogen) atoms. The van der Waals surface area contributed by atoms with Crippen LogP contribution in [0.1, 0.15) is 39.5 Å². The average molecular weight is 304 g/mol. The number of hydrogen-bond donors (Lipinski definition) is 3. The average Bonchev–Trinajstić information content (AvgIpc) is 2.88. The SMILES string of the molecule is CC1(C)C2CNCCC2N2C3CCCNC3C3NCCC1C32. The Bertz CT molecular complexity index is 450. The van der Waals surface area contributed by atoms with Gasteiger partial charge in [-0.15, -0.1) is 0 Å². The molecule has 5 heterocycles. The van der Waals surface area contributed by atoms with Gasteiger partial charge < -0.3 is 16.0 Å². The zero-order valence-corrected chi connectivity index (χ0v) is 14.1. The Kier molecular flexibility index (Phi) is 3.18. The molecule has 124 valence electrons. The number of nitrogens with one attached hydrogen (secondary N) is 3. The van der Waals surface area contributed by atoms with Gasteiger partial charge in [-0.1, -0.05) is 13.8 Å². The lowest BCUT2D eigenvalue weighted by molar-refractivity contribution is -0.112. The van der Waals surface area contributed by atoms with Crippen molar-refractivity contribution in [1.82, 2.24) is 20.9 Å². The summed E-state index contributed by atoms with van der Waals surface area (Å²) in [6.45, 7) is 10.1. The Morgan fingerprint density at radius 3 is 2.64 bits per heavy atom. The van der Waals surface area contributed by atoms with Crippen LogP contribution in [-0.2, 0) is 0 Å². The molecule has 0 saturated carbocycles. The molecule has 0 spiro atoms. The van der Waals surface area contributed by atoms with Crippen molar-refractivity contribution in [2.45, 2.75) is 69.7 Å². The summed E-state index contributed by atoms with van der Waals surface area (Å²) in [5.41, 5.74) is 0.479. The quantitative estimate of drug-likeness (QED) is 0.619. The molecule has 0 radical (unpaired) electrons. The molecule has 7 atom stereocenters. The molecule has 0 amide bonds. The van der Waals surface area contributed by atoms with Gasteiger partial charge in [0.15, 0.2) is 0 Å². The molecule has 3 N–H and O–H groups in total. The number of nitrogens with zero attached hydrogens (tertiary/aromatic N) is 1. The van der Waals surface area contributed by atoms with Crippen LogP contribution in [0, 0.1) is 17.3 Å². The second kappa shape index (κ2) is 4.92. The molecule has 5 fully saturated rings. The van der Waals surface area contributed by atoms with Gasteiger partial charge in [-0.25, -0.2) is 0 Å². The van der Waals surface area contributed by atoms with Crippen LogP contribution in [0.4, 0.5) is 0 Å². The maximum atomic E-state index is 3.92.